The average molecular weight is 1020 g/mol. The van der Waals surface area contributed by atoms with Gasteiger partial charge in [0.2, 0.25) is 0 Å². The molecule has 3 aromatic carbocycles. The molecule has 0 bridgehead atoms. The number of nitrogens with zero attached hydrogens (tertiary/aromatic N) is 3. The molecule has 6 aromatic rings. The smallest absolute Gasteiger partial charge is 0.350 e. The Morgan fingerprint density at radius 1 is 0.443 bits per heavy atom. The Morgan fingerprint density at radius 2 is 0.786 bits per heavy atom. The zero-order valence-electron chi connectivity index (χ0n) is 38.6. The summed E-state index contributed by atoms with van der Waals surface area (Å²) >= 11 is 3.09. The number of ether oxygens (including phenoxy) is 4. The summed E-state index contributed by atoms with van der Waals surface area (Å²) in [5.41, 5.74) is 3.10. The van der Waals surface area contributed by atoms with E-state index in [0.29, 0.717) is 60.9 Å². The fourth-order valence-electron chi connectivity index (χ4n) is 5.29. The zero-order chi connectivity index (χ0) is 51.3. The van der Waals surface area contributed by atoms with Gasteiger partial charge >= 0.3 is 42.0 Å². The maximum Gasteiger partial charge on any atom is 0.350 e. The Bertz CT molecular complexity index is 2780. The lowest BCUT2D eigenvalue weighted by Gasteiger charge is -2.06. The Labute approximate surface area is 411 Å². The molecule has 3 aromatic heterocycles. The number of nitrogens with one attached hydrogen (secondary N) is 6. The van der Waals surface area contributed by atoms with Crippen LogP contribution in [0.15, 0.2) is 72.8 Å². The minimum absolute atomic E-state index is 0.259. The van der Waals surface area contributed by atoms with Crippen molar-refractivity contribution in [1.29, 1.82) is 0 Å². The van der Waals surface area contributed by atoms with Gasteiger partial charge in [0.05, 0.1) is 49.1 Å². The number of urea groups is 3. The molecule has 0 spiro atoms. The fourth-order valence-corrected chi connectivity index (χ4v) is 7.86. The molecule has 6 rings (SSSR count). The molecule has 0 aliphatic carbocycles. The van der Waals surface area contributed by atoms with Crippen molar-refractivity contribution in [2.75, 3.05) is 58.3 Å². The molecule has 0 saturated carbocycles. The molecule has 0 saturated heterocycles. The maximum absolute atomic E-state index is 13.0. The van der Waals surface area contributed by atoms with Gasteiger partial charge in [-0.1, -0.05) is 40.1 Å². The summed E-state index contributed by atoms with van der Waals surface area (Å²) in [6.07, 6.45) is 0. The third kappa shape index (κ3) is 17.3. The second-order valence-electron chi connectivity index (χ2n) is 13.5. The van der Waals surface area contributed by atoms with Crippen LogP contribution in [0.3, 0.4) is 0 Å². The molecule has 3 heterocycles. The van der Waals surface area contributed by atoms with Gasteiger partial charge < -0.3 is 34.9 Å². The zero-order valence-corrected chi connectivity index (χ0v) is 41.0. The van der Waals surface area contributed by atoms with Gasteiger partial charge in [0.1, 0.15) is 26.3 Å². The summed E-state index contributed by atoms with van der Waals surface area (Å²) in [7, 11) is 0. The summed E-state index contributed by atoms with van der Waals surface area (Å²) in [5.74, 6) is -2.67. The molecule has 0 atom stereocenters. The number of amides is 6. The Morgan fingerprint density at radius 3 is 1.14 bits per heavy atom. The monoisotopic (exact) mass is 1020 g/mol. The van der Waals surface area contributed by atoms with Gasteiger partial charge in [-0.05, 0) is 115 Å². The van der Waals surface area contributed by atoms with E-state index in [0.717, 1.165) is 34.0 Å². The van der Waals surface area contributed by atoms with E-state index in [9.17, 15) is 42.3 Å². The first-order valence-electron chi connectivity index (χ1n) is 20.9. The van der Waals surface area contributed by atoms with Crippen LogP contribution in [0.4, 0.5) is 55.6 Å². The predicted octanol–water partition coefficient (Wildman–Crippen LogP) is 10.3. The number of halogens is 2. The highest BCUT2D eigenvalue weighted by atomic mass is 32.1. The van der Waals surface area contributed by atoms with Gasteiger partial charge in [0, 0.05) is 17.1 Å². The van der Waals surface area contributed by atoms with Crippen molar-refractivity contribution in [3.8, 4) is 0 Å². The Balaban J connectivity index is 0.000000230. The van der Waals surface area contributed by atoms with Crippen molar-refractivity contribution in [2.24, 2.45) is 0 Å². The third-order valence-electron chi connectivity index (χ3n) is 8.27. The number of esters is 4. The number of aryl methyl sites for hydroxylation is 3. The van der Waals surface area contributed by atoms with E-state index in [4.69, 9.17) is 18.9 Å². The van der Waals surface area contributed by atoms with E-state index >= 15 is 0 Å². The van der Waals surface area contributed by atoms with E-state index in [1.807, 2.05) is 0 Å². The first kappa shape index (κ1) is 54.7. The molecule has 70 heavy (non-hydrogen) atoms. The topological polar surface area (TPSA) is 267 Å². The summed E-state index contributed by atoms with van der Waals surface area (Å²) in [6.45, 7) is 12.9. The van der Waals surface area contributed by atoms with Crippen LogP contribution in [0.5, 0.6) is 0 Å². The van der Waals surface area contributed by atoms with Crippen LogP contribution in [0, 0.1) is 32.4 Å². The molecular weight excluding hydrogens is 977 g/mol. The van der Waals surface area contributed by atoms with E-state index in [-0.39, 0.29) is 41.0 Å². The first-order valence-corrected chi connectivity index (χ1v) is 23.3. The molecule has 0 aliphatic rings. The molecule has 370 valence electrons. The van der Waals surface area contributed by atoms with E-state index in [2.05, 4.69) is 46.9 Å². The second kappa shape index (κ2) is 27.2. The largest absolute Gasteiger partial charge is 0.462 e. The molecule has 25 heteroatoms. The number of benzene rings is 3. The number of anilines is 6. The van der Waals surface area contributed by atoms with Crippen LogP contribution in [0.2, 0.25) is 0 Å². The number of thiazole rings is 3. The summed E-state index contributed by atoms with van der Waals surface area (Å²) in [5, 5.41) is 16.0. The predicted molar refractivity (Wildman–Crippen MR) is 262 cm³/mol. The molecule has 20 nitrogen and oxygen atoms in total. The lowest BCUT2D eigenvalue weighted by molar-refractivity contribution is 0.0517. The van der Waals surface area contributed by atoms with Crippen LogP contribution >= 0.6 is 34.0 Å². The molecule has 0 aliphatic heterocycles. The molecular formula is C45H47F2N9O11S3. The SMILES string of the molecule is CCOC(=O)c1ccc(NC(=O)Nc2nc(C)c(C(=O)OCC)s2)cc1.CCOC(=O)c1sc(NC(=O)Nc2ccc(F)cc2)nc1C.CCOC(=O)c1sc(NC(=O)Nc2cccc(F)c2)nc1C. The Kier molecular flexibility index (Phi) is 21.2. The number of hydrogen-bond donors (Lipinski definition) is 6. The summed E-state index contributed by atoms with van der Waals surface area (Å²) in [4.78, 5) is 95.7. The maximum atomic E-state index is 13.0. The minimum atomic E-state index is -0.574. The third-order valence-corrected chi connectivity index (χ3v) is 11.4. The van der Waals surface area contributed by atoms with Crippen LogP contribution in [-0.4, -0.2) is 83.4 Å². The van der Waals surface area contributed by atoms with Crippen LogP contribution < -0.4 is 31.9 Å². The highest BCUT2D eigenvalue weighted by Gasteiger charge is 2.20. The van der Waals surface area contributed by atoms with E-state index in [1.165, 1.54) is 42.5 Å². The second-order valence-corrected chi connectivity index (χ2v) is 16.5. The highest BCUT2D eigenvalue weighted by Crippen LogP contribution is 2.26. The van der Waals surface area contributed by atoms with Gasteiger partial charge in [0.15, 0.2) is 15.4 Å². The van der Waals surface area contributed by atoms with Gasteiger partial charge in [-0.15, -0.1) is 0 Å². The summed E-state index contributed by atoms with van der Waals surface area (Å²) < 4.78 is 45.4. The van der Waals surface area contributed by atoms with Crippen LogP contribution in [-0.2, 0) is 18.9 Å². The van der Waals surface area contributed by atoms with Crippen molar-refractivity contribution >= 4 is 108 Å². The normalized spacial score (nSPS) is 10.1. The number of hydrogen-bond acceptors (Lipinski definition) is 17. The number of rotatable bonds is 14. The fraction of sp³-hybridized carbons (Fsp3) is 0.244. The number of aromatic nitrogens is 3. The number of carbonyl (C=O) groups is 7. The van der Waals surface area contributed by atoms with Crippen molar-refractivity contribution in [3.63, 3.8) is 0 Å². The molecule has 6 amide bonds. The molecule has 6 N–H and O–H groups in total. The minimum Gasteiger partial charge on any atom is -0.462 e. The van der Waals surface area contributed by atoms with Gasteiger partial charge in [-0.3, -0.25) is 16.0 Å². The highest BCUT2D eigenvalue weighted by molar-refractivity contribution is 7.18. The van der Waals surface area contributed by atoms with Gasteiger partial charge in [-0.25, -0.2) is 57.3 Å². The lowest BCUT2D eigenvalue weighted by atomic mass is 10.2. The van der Waals surface area contributed by atoms with E-state index < -0.39 is 47.8 Å². The first-order chi connectivity index (χ1) is 33.4. The van der Waals surface area contributed by atoms with Gasteiger partial charge in [-0.2, -0.15) is 0 Å². The van der Waals surface area contributed by atoms with Crippen molar-refractivity contribution in [3.05, 3.63) is 122 Å². The Hall–Kier alpha value is -7.90. The standard InChI is InChI=1S/C17H19N3O5S.2C14H14FN3O3S/c1-4-24-14(21)11-6-8-12(9-7-11)19-16(23)20-17-18-10(3)13(26-17)15(22)25-5-2;1-3-21-12(19)11-8(2)16-14(22-11)18-13(20)17-10-6-4-9(15)5-7-10;1-3-21-12(19)11-8(2)16-14(22-11)18-13(20)17-10-6-4-5-9(15)7-10/h6-9H,4-5H2,1-3H3,(H2,18,19,20,23);2*4-7H,3H2,1-2H3,(H2,16,17,18,20). The van der Waals surface area contributed by atoms with Gasteiger partial charge in [0.25, 0.3) is 0 Å². The molecule has 0 unspecified atom stereocenters. The van der Waals surface area contributed by atoms with Crippen molar-refractivity contribution in [2.45, 2.75) is 48.5 Å². The quantitative estimate of drug-likeness (QED) is 0.0438. The van der Waals surface area contributed by atoms with Crippen molar-refractivity contribution in [1.82, 2.24) is 15.0 Å². The lowest BCUT2D eigenvalue weighted by Crippen LogP contribution is -2.19. The molecule has 0 radical (unpaired) electrons. The number of carbonyl (C=O) groups excluding carboxylic acids is 7. The van der Waals surface area contributed by atoms with Crippen LogP contribution in [0.25, 0.3) is 0 Å². The molecule has 0 fully saturated rings. The van der Waals surface area contributed by atoms with E-state index in [1.54, 1.807) is 78.8 Å². The summed E-state index contributed by atoms with van der Waals surface area (Å²) in [6, 6.07) is 15.5. The average Bonchev–Trinajstić information content (AvgIpc) is 3.99. The van der Waals surface area contributed by atoms with Crippen LogP contribution in [0.1, 0.15) is 84.1 Å². The van der Waals surface area contributed by atoms with Crippen molar-refractivity contribution < 1.29 is 61.3 Å².